The van der Waals surface area contributed by atoms with Gasteiger partial charge in [-0.05, 0) is 37.1 Å². The van der Waals surface area contributed by atoms with Crippen LogP contribution in [0.15, 0.2) is 49.2 Å². The van der Waals surface area contributed by atoms with Crippen molar-refractivity contribution in [1.82, 2.24) is 39.7 Å². The molecule has 34 heavy (non-hydrogen) atoms. The molecule has 0 unspecified atom stereocenters. The van der Waals surface area contributed by atoms with E-state index in [-0.39, 0.29) is 5.69 Å². The monoisotopic (exact) mass is 480 g/mol. The Hall–Kier alpha value is -3.57. The van der Waals surface area contributed by atoms with Crippen LogP contribution in [0.3, 0.4) is 0 Å². The Morgan fingerprint density at radius 1 is 1.00 bits per heavy atom. The predicted octanol–water partition coefficient (Wildman–Crippen LogP) is 4.45. The summed E-state index contributed by atoms with van der Waals surface area (Å²) >= 11 is 1.54. The second-order valence-electron chi connectivity index (χ2n) is 8.18. The van der Waals surface area contributed by atoms with Crippen LogP contribution < -0.4 is 5.32 Å². The minimum Gasteiger partial charge on any atom is -0.309 e. The zero-order chi connectivity index (χ0) is 23.9. The third kappa shape index (κ3) is 4.31. The molecule has 5 rings (SSSR count). The van der Waals surface area contributed by atoms with Gasteiger partial charge in [-0.15, -0.1) is 16.4 Å². The van der Waals surface area contributed by atoms with Crippen LogP contribution in [0.4, 0.5) is 8.78 Å². The smallest absolute Gasteiger partial charge is 0.288 e. The average Bonchev–Trinajstić information content (AvgIpc) is 3.53. The van der Waals surface area contributed by atoms with Crippen LogP contribution in [0.2, 0.25) is 0 Å². The van der Waals surface area contributed by atoms with Crippen LogP contribution in [-0.2, 0) is 19.0 Å². The van der Waals surface area contributed by atoms with E-state index in [4.69, 9.17) is 0 Å². The van der Waals surface area contributed by atoms with Crippen LogP contribution in [0.25, 0.3) is 22.0 Å². The van der Waals surface area contributed by atoms with Gasteiger partial charge in [0.25, 0.3) is 5.92 Å². The first-order valence-electron chi connectivity index (χ1n) is 10.6. The minimum absolute atomic E-state index is 0.306. The first kappa shape index (κ1) is 22.2. The Morgan fingerprint density at radius 3 is 2.53 bits per heavy atom. The summed E-state index contributed by atoms with van der Waals surface area (Å²) < 4.78 is 31.6. The molecule has 0 bridgehead atoms. The number of hydrogen-bond donors (Lipinski definition) is 1. The molecule has 1 N–H and O–H groups in total. The highest BCUT2D eigenvalue weighted by Crippen LogP contribution is 2.31. The second kappa shape index (κ2) is 8.65. The number of imidazole rings is 1. The maximum Gasteiger partial charge on any atom is 0.288 e. The third-order valence-electron chi connectivity index (χ3n) is 5.34. The maximum absolute atomic E-state index is 14.3. The van der Waals surface area contributed by atoms with Gasteiger partial charge in [-0.2, -0.15) is 8.78 Å². The molecule has 8 nitrogen and oxygen atoms in total. The van der Waals surface area contributed by atoms with Gasteiger partial charge >= 0.3 is 0 Å². The molecular weight excluding hydrogens is 458 g/mol. The van der Waals surface area contributed by atoms with Crippen LogP contribution in [0, 0.1) is 13.8 Å². The SMILES string of the molecule is Cc1ccc(CNCc2cc(-n3nncc3C(C)(F)F)c3ncc(-c4ncc(C)s4)n3c2)cn1. The lowest BCUT2D eigenvalue weighted by atomic mass is 10.2. The second-order valence-corrected chi connectivity index (χ2v) is 9.41. The summed E-state index contributed by atoms with van der Waals surface area (Å²) in [6.45, 7) is 5.87. The fourth-order valence-corrected chi connectivity index (χ4v) is 4.45. The van der Waals surface area contributed by atoms with Crippen molar-refractivity contribution in [2.75, 3.05) is 0 Å². The molecule has 11 heteroatoms. The Kier molecular flexibility index (Phi) is 5.66. The number of hydrogen-bond acceptors (Lipinski definition) is 7. The molecule has 0 aromatic carbocycles. The zero-order valence-corrected chi connectivity index (χ0v) is 19.6. The van der Waals surface area contributed by atoms with Crippen LogP contribution >= 0.6 is 11.3 Å². The van der Waals surface area contributed by atoms with E-state index in [9.17, 15) is 8.78 Å². The van der Waals surface area contributed by atoms with Crippen LogP contribution in [-0.4, -0.2) is 34.3 Å². The molecule has 0 aliphatic heterocycles. The Labute approximate surface area is 198 Å². The number of fused-ring (bicyclic) bond motifs is 1. The van der Waals surface area contributed by atoms with Gasteiger partial charge in [-0.3, -0.25) is 9.38 Å². The molecule has 0 saturated heterocycles. The summed E-state index contributed by atoms with van der Waals surface area (Å²) in [5.74, 6) is -3.12. The summed E-state index contributed by atoms with van der Waals surface area (Å²) in [5, 5.41) is 11.9. The number of aromatic nitrogens is 7. The van der Waals surface area contributed by atoms with Gasteiger partial charge in [-0.25, -0.2) is 14.6 Å². The largest absolute Gasteiger partial charge is 0.309 e. The van der Waals surface area contributed by atoms with Gasteiger partial charge < -0.3 is 5.32 Å². The summed E-state index contributed by atoms with van der Waals surface area (Å²) in [6.07, 6.45) is 8.36. The molecule has 5 aromatic heterocycles. The molecule has 5 aromatic rings. The van der Waals surface area contributed by atoms with E-state index in [2.05, 4.69) is 30.6 Å². The molecule has 0 aliphatic rings. The molecule has 5 heterocycles. The van der Waals surface area contributed by atoms with E-state index in [0.717, 1.165) is 50.2 Å². The molecule has 0 fully saturated rings. The van der Waals surface area contributed by atoms with Crippen molar-refractivity contribution in [1.29, 1.82) is 0 Å². The summed E-state index contributed by atoms with van der Waals surface area (Å²) in [4.78, 5) is 14.4. The molecule has 0 aliphatic carbocycles. The number of aryl methyl sites for hydroxylation is 2. The lowest BCUT2D eigenvalue weighted by Crippen LogP contribution is -2.17. The number of thiazole rings is 1. The van der Waals surface area contributed by atoms with Crippen LogP contribution in [0.5, 0.6) is 0 Å². The Balaban J connectivity index is 1.57. The van der Waals surface area contributed by atoms with Gasteiger partial charge in [0.15, 0.2) is 5.65 Å². The standard InChI is InChI=1S/C23H22F2N8S/c1-14-4-5-16(10-27-14)8-26-9-17-6-18(33-20(12-30-31-33)23(3,24)25)21-28-11-19(32(21)13-17)22-29-7-15(2)34-22/h4-7,10-13,26H,8-9H2,1-3H3. The number of nitrogens with one attached hydrogen (secondary N) is 1. The van der Waals surface area contributed by atoms with Crippen molar-refractivity contribution in [3.8, 4) is 16.4 Å². The van der Waals surface area contributed by atoms with Gasteiger partial charge in [0.05, 0.1) is 12.4 Å². The van der Waals surface area contributed by atoms with Crippen molar-refractivity contribution in [2.45, 2.75) is 39.8 Å². The fourth-order valence-electron chi connectivity index (χ4n) is 3.67. The predicted molar refractivity (Wildman–Crippen MR) is 125 cm³/mol. The van der Waals surface area contributed by atoms with E-state index in [1.165, 1.54) is 0 Å². The molecule has 174 valence electrons. The topological polar surface area (TPSA) is 85.8 Å². The normalized spacial score (nSPS) is 12.0. The van der Waals surface area contributed by atoms with Gasteiger partial charge in [-0.1, -0.05) is 11.3 Å². The maximum atomic E-state index is 14.3. The third-order valence-corrected chi connectivity index (χ3v) is 6.28. The Morgan fingerprint density at radius 2 is 1.82 bits per heavy atom. The number of pyridine rings is 2. The minimum atomic E-state index is -3.12. The number of rotatable bonds is 7. The van der Waals surface area contributed by atoms with Gasteiger partial charge in [0.1, 0.15) is 22.1 Å². The molecule has 0 amide bonds. The van der Waals surface area contributed by atoms with Crippen molar-refractivity contribution < 1.29 is 8.78 Å². The average molecular weight is 481 g/mol. The highest BCUT2D eigenvalue weighted by Gasteiger charge is 2.31. The summed E-state index contributed by atoms with van der Waals surface area (Å²) in [7, 11) is 0. The van der Waals surface area contributed by atoms with Gasteiger partial charge in [0, 0.05) is 49.2 Å². The zero-order valence-electron chi connectivity index (χ0n) is 18.8. The summed E-state index contributed by atoms with van der Waals surface area (Å²) in [5.41, 5.74) is 4.27. The quantitative estimate of drug-likeness (QED) is 0.370. The van der Waals surface area contributed by atoms with E-state index < -0.39 is 5.92 Å². The molecular formula is C23H22F2N8S. The highest BCUT2D eigenvalue weighted by atomic mass is 32.1. The fraction of sp³-hybridized carbons (Fsp3) is 0.261. The van der Waals surface area contributed by atoms with E-state index in [1.54, 1.807) is 23.7 Å². The van der Waals surface area contributed by atoms with E-state index >= 15 is 0 Å². The number of alkyl halides is 2. The molecule has 0 saturated carbocycles. The van der Waals surface area contributed by atoms with Crippen LogP contribution in [0.1, 0.15) is 34.3 Å². The molecule has 0 spiro atoms. The molecule has 0 atom stereocenters. The Bertz CT molecular complexity index is 1450. The van der Waals surface area contributed by atoms with Crippen molar-refractivity contribution >= 4 is 17.0 Å². The first-order chi connectivity index (χ1) is 16.3. The highest BCUT2D eigenvalue weighted by molar-refractivity contribution is 7.14. The lowest BCUT2D eigenvalue weighted by Gasteiger charge is -2.15. The van der Waals surface area contributed by atoms with E-state index in [1.807, 2.05) is 48.8 Å². The van der Waals surface area contributed by atoms with Gasteiger partial charge in [0.2, 0.25) is 0 Å². The van der Waals surface area contributed by atoms with Crippen molar-refractivity contribution in [3.05, 3.63) is 76.6 Å². The molecule has 0 radical (unpaired) electrons. The van der Waals surface area contributed by atoms with Crippen molar-refractivity contribution in [3.63, 3.8) is 0 Å². The number of halogens is 2. The van der Waals surface area contributed by atoms with Crippen molar-refractivity contribution in [2.24, 2.45) is 0 Å². The summed E-state index contributed by atoms with van der Waals surface area (Å²) in [6, 6.07) is 5.80. The lowest BCUT2D eigenvalue weighted by molar-refractivity contribution is 0.0103. The number of nitrogens with zero attached hydrogens (tertiary/aromatic N) is 7. The van der Waals surface area contributed by atoms with E-state index in [0.29, 0.717) is 24.4 Å². The first-order valence-corrected chi connectivity index (χ1v) is 11.5.